The lowest BCUT2D eigenvalue weighted by Crippen LogP contribution is -1.89. The summed E-state index contributed by atoms with van der Waals surface area (Å²) in [6.07, 6.45) is 3.54. The molecule has 0 fully saturated rings. The minimum absolute atomic E-state index is 0.0326. The zero-order chi connectivity index (χ0) is 22.2. The molecule has 0 unspecified atom stereocenters. The molecule has 0 radical (unpaired) electrons. The van der Waals surface area contributed by atoms with E-state index in [0.29, 0.717) is 5.69 Å². The maximum absolute atomic E-state index is 9.01. The molecule has 4 heteroatoms. The van der Waals surface area contributed by atoms with Gasteiger partial charge in [0.2, 0.25) is 0 Å². The van der Waals surface area contributed by atoms with E-state index in [-0.39, 0.29) is 6.61 Å². The third kappa shape index (κ3) is 5.31. The Labute approximate surface area is 188 Å². The van der Waals surface area contributed by atoms with Crippen molar-refractivity contribution in [2.24, 2.45) is 0 Å². The van der Waals surface area contributed by atoms with Gasteiger partial charge < -0.3 is 15.4 Å². The van der Waals surface area contributed by atoms with Gasteiger partial charge in [-0.1, -0.05) is 84.9 Å². The second-order valence-corrected chi connectivity index (χ2v) is 7.33. The van der Waals surface area contributed by atoms with E-state index in [0.717, 1.165) is 11.4 Å². The van der Waals surface area contributed by atoms with Gasteiger partial charge in [0, 0.05) is 17.6 Å². The van der Waals surface area contributed by atoms with Gasteiger partial charge in [0.05, 0.1) is 18.6 Å². The van der Waals surface area contributed by atoms with Crippen LogP contribution in [0.5, 0.6) is 0 Å². The largest absolute Gasteiger partial charge is 0.399 e. The Kier molecular flexibility index (Phi) is 6.75. The summed E-state index contributed by atoms with van der Waals surface area (Å²) in [5, 5.41) is 9.01. The molecule has 0 saturated heterocycles. The Morgan fingerprint density at radius 1 is 0.625 bits per heavy atom. The number of rotatable bonds is 4. The number of nitrogens with two attached hydrogens (primary N) is 1. The molecule has 0 aliphatic rings. The van der Waals surface area contributed by atoms with Crippen LogP contribution in [-0.4, -0.2) is 14.7 Å². The van der Waals surface area contributed by atoms with Crippen LogP contribution in [0.4, 0.5) is 5.69 Å². The van der Waals surface area contributed by atoms with Gasteiger partial charge in [-0.3, -0.25) is 0 Å². The van der Waals surface area contributed by atoms with E-state index in [4.69, 9.17) is 10.8 Å². The Balaban J connectivity index is 0.000000165. The van der Waals surface area contributed by atoms with E-state index in [1.165, 1.54) is 22.3 Å². The molecule has 158 valence electrons. The normalized spacial score (nSPS) is 10.3. The fourth-order valence-corrected chi connectivity index (χ4v) is 3.35. The lowest BCUT2D eigenvalue weighted by Gasteiger charge is -2.05. The summed E-state index contributed by atoms with van der Waals surface area (Å²) >= 11 is 0. The standard InChI is InChI=1S/C16H14N2O.C12H11N/c19-11-15-10-18(12-17-15)16-8-6-14(7-9-16)13-4-2-1-3-5-13;13-12-8-6-11(7-9-12)10-4-2-1-3-5-10/h1-10,12,19H,11H2;1-9H,13H2. The van der Waals surface area contributed by atoms with Crippen LogP contribution in [0, 0.1) is 0 Å². The van der Waals surface area contributed by atoms with Gasteiger partial charge in [-0.05, 0) is 46.5 Å². The molecule has 1 heterocycles. The van der Waals surface area contributed by atoms with Gasteiger partial charge >= 0.3 is 0 Å². The molecule has 5 aromatic rings. The average Bonchev–Trinajstić information content (AvgIpc) is 3.36. The Morgan fingerprint density at radius 2 is 1.09 bits per heavy atom. The van der Waals surface area contributed by atoms with E-state index < -0.39 is 0 Å². The molecule has 3 N–H and O–H groups in total. The summed E-state index contributed by atoms with van der Waals surface area (Å²) < 4.78 is 1.90. The summed E-state index contributed by atoms with van der Waals surface area (Å²) in [6.45, 7) is -0.0326. The monoisotopic (exact) mass is 419 g/mol. The van der Waals surface area contributed by atoms with Crippen LogP contribution < -0.4 is 5.73 Å². The second-order valence-electron chi connectivity index (χ2n) is 7.33. The quantitative estimate of drug-likeness (QED) is 0.353. The van der Waals surface area contributed by atoms with Gasteiger partial charge in [-0.15, -0.1) is 0 Å². The number of hydrogen-bond acceptors (Lipinski definition) is 3. The van der Waals surface area contributed by atoms with Crippen molar-refractivity contribution in [2.45, 2.75) is 6.61 Å². The number of nitrogen functional groups attached to an aromatic ring is 1. The topological polar surface area (TPSA) is 64.1 Å². The molecule has 4 aromatic carbocycles. The maximum atomic E-state index is 9.01. The number of imidazole rings is 1. The van der Waals surface area contributed by atoms with E-state index in [2.05, 4.69) is 41.4 Å². The molecule has 32 heavy (non-hydrogen) atoms. The van der Waals surface area contributed by atoms with Crippen molar-refractivity contribution in [3.05, 3.63) is 127 Å². The van der Waals surface area contributed by atoms with Crippen molar-refractivity contribution in [3.8, 4) is 27.9 Å². The van der Waals surface area contributed by atoms with Gasteiger partial charge in [-0.2, -0.15) is 0 Å². The number of aliphatic hydroxyl groups is 1. The number of aliphatic hydroxyl groups excluding tert-OH is 1. The highest BCUT2D eigenvalue weighted by atomic mass is 16.3. The van der Waals surface area contributed by atoms with Gasteiger partial charge in [-0.25, -0.2) is 4.98 Å². The van der Waals surface area contributed by atoms with Gasteiger partial charge in [0.1, 0.15) is 0 Å². The Bertz CT molecular complexity index is 1230. The van der Waals surface area contributed by atoms with Crippen LogP contribution in [0.2, 0.25) is 0 Å². The molecule has 4 nitrogen and oxygen atoms in total. The molecule has 0 bridgehead atoms. The first kappa shape index (κ1) is 21.1. The van der Waals surface area contributed by atoms with Crippen LogP contribution in [0.25, 0.3) is 27.9 Å². The molecule has 0 saturated carbocycles. The summed E-state index contributed by atoms with van der Waals surface area (Å²) in [5.74, 6) is 0. The van der Waals surface area contributed by atoms with Crippen molar-refractivity contribution < 1.29 is 5.11 Å². The van der Waals surface area contributed by atoms with Crippen molar-refractivity contribution in [1.29, 1.82) is 0 Å². The minimum atomic E-state index is -0.0326. The summed E-state index contributed by atoms with van der Waals surface area (Å²) in [6, 6.07) is 36.7. The van der Waals surface area contributed by atoms with Gasteiger partial charge in [0.25, 0.3) is 0 Å². The minimum Gasteiger partial charge on any atom is -0.399 e. The third-order valence-corrected chi connectivity index (χ3v) is 5.09. The SMILES string of the molecule is Nc1ccc(-c2ccccc2)cc1.OCc1cn(-c2ccc(-c3ccccc3)cc2)cn1. The zero-order valence-corrected chi connectivity index (χ0v) is 17.7. The molecule has 1 aromatic heterocycles. The Morgan fingerprint density at radius 3 is 1.56 bits per heavy atom. The highest BCUT2D eigenvalue weighted by molar-refractivity contribution is 5.65. The maximum Gasteiger partial charge on any atom is 0.0996 e. The lowest BCUT2D eigenvalue weighted by molar-refractivity contribution is 0.277. The molecular weight excluding hydrogens is 394 g/mol. The van der Waals surface area contributed by atoms with E-state index >= 15 is 0 Å². The first-order chi connectivity index (χ1) is 15.7. The summed E-state index contributed by atoms with van der Waals surface area (Å²) in [5.41, 5.74) is 12.9. The molecule has 0 aliphatic heterocycles. The molecule has 0 atom stereocenters. The molecule has 0 spiro atoms. The number of hydrogen-bond donors (Lipinski definition) is 2. The summed E-state index contributed by atoms with van der Waals surface area (Å²) in [7, 11) is 0. The number of nitrogens with zero attached hydrogens (tertiary/aromatic N) is 2. The predicted octanol–water partition coefficient (Wildman–Crippen LogP) is 5.97. The highest BCUT2D eigenvalue weighted by Gasteiger charge is 2.01. The van der Waals surface area contributed by atoms with Crippen LogP contribution >= 0.6 is 0 Å². The van der Waals surface area contributed by atoms with Crippen molar-refractivity contribution in [1.82, 2.24) is 9.55 Å². The molecule has 5 rings (SSSR count). The first-order valence-corrected chi connectivity index (χ1v) is 10.4. The van der Waals surface area contributed by atoms with Crippen molar-refractivity contribution >= 4 is 5.69 Å². The van der Waals surface area contributed by atoms with E-state index in [1.807, 2.05) is 83.6 Å². The molecular formula is C28H25N3O. The van der Waals surface area contributed by atoms with Crippen molar-refractivity contribution in [3.63, 3.8) is 0 Å². The fourth-order valence-electron chi connectivity index (χ4n) is 3.35. The van der Waals surface area contributed by atoms with Gasteiger partial charge in [0.15, 0.2) is 0 Å². The van der Waals surface area contributed by atoms with Crippen LogP contribution in [0.3, 0.4) is 0 Å². The lowest BCUT2D eigenvalue weighted by atomic mass is 10.1. The molecule has 0 aliphatic carbocycles. The smallest absolute Gasteiger partial charge is 0.0996 e. The number of anilines is 1. The van der Waals surface area contributed by atoms with Crippen LogP contribution in [0.15, 0.2) is 122 Å². The van der Waals surface area contributed by atoms with Crippen LogP contribution in [-0.2, 0) is 6.61 Å². The van der Waals surface area contributed by atoms with E-state index in [9.17, 15) is 0 Å². The second kappa shape index (κ2) is 10.2. The zero-order valence-electron chi connectivity index (χ0n) is 17.7. The number of benzene rings is 4. The number of aromatic nitrogens is 2. The van der Waals surface area contributed by atoms with Crippen molar-refractivity contribution in [2.75, 3.05) is 5.73 Å². The summed E-state index contributed by atoms with van der Waals surface area (Å²) in [4.78, 5) is 4.10. The fraction of sp³-hybridized carbons (Fsp3) is 0.0357. The highest BCUT2D eigenvalue weighted by Crippen LogP contribution is 2.21. The van der Waals surface area contributed by atoms with Crippen LogP contribution in [0.1, 0.15) is 5.69 Å². The third-order valence-electron chi connectivity index (χ3n) is 5.09. The predicted molar refractivity (Wildman–Crippen MR) is 131 cm³/mol. The Hall–Kier alpha value is -4.15. The molecule has 0 amide bonds. The average molecular weight is 420 g/mol. The first-order valence-electron chi connectivity index (χ1n) is 10.4. The van der Waals surface area contributed by atoms with E-state index in [1.54, 1.807) is 6.33 Å².